The number of nitrogens with one attached hydrogen (secondary N) is 3. The fourth-order valence-electron chi connectivity index (χ4n) is 2.81. The second kappa shape index (κ2) is 15.8. The van der Waals surface area contributed by atoms with Crippen LogP contribution in [-0.4, -0.2) is 93.7 Å². The largest absolute Gasteiger partial charge is 0.481 e. The average molecular weight is 519 g/mol. The lowest BCUT2D eigenvalue weighted by Crippen LogP contribution is -2.60. The van der Waals surface area contributed by atoms with Crippen LogP contribution in [0.25, 0.3) is 0 Å². The summed E-state index contributed by atoms with van der Waals surface area (Å²) in [5.74, 6) is -6.87. The molecule has 5 atom stereocenters. The van der Waals surface area contributed by atoms with Gasteiger partial charge in [-0.2, -0.15) is 0 Å². The van der Waals surface area contributed by atoms with Crippen molar-refractivity contribution < 1.29 is 44.1 Å². The molecule has 0 rings (SSSR count). The molecule has 0 aromatic rings. The van der Waals surface area contributed by atoms with E-state index in [-0.39, 0.29) is 25.3 Å². The highest BCUT2D eigenvalue weighted by Crippen LogP contribution is 2.05. The summed E-state index contributed by atoms with van der Waals surface area (Å²) in [4.78, 5) is 74.7. The summed E-state index contributed by atoms with van der Waals surface area (Å²) in [7, 11) is 0. The van der Waals surface area contributed by atoms with E-state index in [0.717, 1.165) is 6.92 Å². The Hall–Kier alpha value is -3.99. The van der Waals surface area contributed by atoms with Crippen LogP contribution in [0, 0.1) is 0 Å². The van der Waals surface area contributed by atoms with Crippen LogP contribution in [0.15, 0.2) is 4.99 Å². The lowest BCUT2D eigenvalue weighted by molar-refractivity contribution is -0.143. The van der Waals surface area contributed by atoms with E-state index in [1.54, 1.807) is 0 Å². The zero-order chi connectivity index (χ0) is 28.0. The van der Waals surface area contributed by atoms with E-state index in [4.69, 9.17) is 28.0 Å². The maximum absolute atomic E-state index is 12.7. The SMILES string of the molecule is C[C@@H](O)[C@H](NC(=O)[C@@H](N)CC(N)=O)C(=O)N[C@@H](CCC(=O)O)C(=O)N[C@@H](CCCN=C(N)N)C(=O)O. The summed E-state index contributed by atoms with van der Waals surface area (Å²) >= 11 is 0. The summed E-state index contributed by atoms with van der Waals surface area (Å²) in [5.41, 5.74) is 20.9. The molecule has 17 nitrogen and oxygen atoms in total. The molecule has 0 saturated heterocycles. The molecular formula is C19H34N8O9. The molecule has 36 heavy (non-hydrogen) atoms. The summed E-state index contributed by atoms with van der Waals surface area (Å²) in [6, 6.07) is -6.01. The quantitative estimate of drug-likeness (QED) is 0.0491. The number of rotatable bonds is 17. The van der Waals surface area contributed by atoms with Crippen molar-refractivity contribution in [1.82, 2.24) is 16.0 Å². The van der Waals surface area contributed by atoms with Gasteiger partial charge in [-0.25, -0.2) is 4.79 Å². The molecule has 17 heteroatoms. The van der Waals surface area contributed by atoms with Crippen molar-refractivity contribution >= 4 is 41.5 Å². The molecule has 0 aliphatic heterocycles. The third-order valence-electron chi connectivity index (χ3n) is 4.66. The lowest BCUT2D eigenvalue weighted by Gasteiger charge is -2.26. The van der Waals surface area contributed by atoms with E-state index in [1.165, 1.54) is 0 Å². The van der Waals surface area contributed by atoms with Crippen LogP contribution >= 0.6 is 0 Å². The number of carboxylic acid groups (broad SMARTS) is 2. The maximum Gasteiger partial charge on any atom is 0.326 e. The number of guanidine groups is 1. The molecule has 0 aliphatic rings. The highest BCUT2D eigenvalue weighted by molar-refractivity contribution is 5.95. The van der Waals surface area contributed by atoms with Crippen molar-refractivity contribution in [1.29, 1.82) is 0 Å². The summed E-state index contributed by atoms with van der Waals surface area (Å²) < 4.78 is 0. The van der Waals surface area contributed by atoms with Crippen molar-refractivity contribution in [2.45, 2.75) is 69.3 Å². The van der Waals surface area contributed by atoms with Gasteiger partial charge in [0.1, 0.15) is 18.1 Å². The number of aliphatic carboxylic acids is 2. The minimum atomic E-state index is -1.65. The molecule has 0 aromatic carbocycles. The topological polar surface area (TPSA) is 316 Å². The predicted molar refractivity (Wildman–Crippen MR) is 124 cm³/mol. The van der Waals surface area contributed by atoms with Gasteiger partial charge in [-0.3, -0.25) is 29.0 Å². The fourth-order valence-corrected chi connectivity index (χ4v) is 2.81. The zero-order valence-electron chi connectivity index (χ0n) is 19.7. The van der Waals surface area contributed by atoms with Gasteiger partial charge < -0.3 is 54.2 Å². The molecular weight excluding hydrogens is 484 g/mol. The van der Waals surface area contributed by atoms with E-state index in [1.807, 2.05) is 0 Å². The zero-order valence-corrected chi connectivity index (χ0v) is 19.7. The molecule has 0 unspecified atom stereocenters. The minimum absolute atomic E-state index is 0.0818. The first-order valence-electron chi connectivity index (χ1n) is 10.8. The van der Waals surface area contributed by atoms with E-state index < -0.39 is 85.1 Å². The fraction of sp³-hybridized carbons (Fsp3) is 0.632. The molecule has 0 aliphatic carbocycles. The first-order valence-corrected chi connectivity index (χ1v) is 10.8. The highest BCUT2D eigenvalue weighted by Gasteiger charge is 2.32. The van der Waals surface area contributed by atoms with Crippen molar-refractivity contribution in [3.05, 3.63) is 0 Å². The molecule has 14 N–H and O–H groups in total. The monoisotopic (exact) mass is 518 g/mol. The average Bonchev–Trinajstić information content (AvgIpc) is 2.75. The molecule has 0 radical (unpaired) electrons. The van der Waals surface area contributed by atoms with Gasteiger partial charge in [-0.05, 0) is 26.2 Å². The van der Waals surface area contributed by atoms with E-state index in [9.17, 15) is 39.0 Å². The normalized spacial score (nSPS) is 14.8. The standard InChI is InChI=1S/C19H34N8O9/c1-8(28)14(27-15(32)9(20)7-12(21)29)17(34)25-10(4-5-13(30)31)16(33)26-11(18(35)36)3-2-6-24-19(22)23/h8-11,14,28H,2-7,20H2,1H3,(H2,21,29)(H,25,34)(H,26,33)(H,27,32)(H,30,31)(H,35,36)(H4,22,23,24)/t8-,9+,10+,11+,14+/m1/s1. The van der Waals surface area contributed by atoms with Crippen LogP contribution in [0.4, 0.5) is 0 Å². The minimum Gasteiger partial charge on any atom is -0.481 e. The molecule has 204 valence electrons. The number of carboxylic acids is 2. The van der Waals surface area contributed by atoms with Gasteiger partial charge in [-0.1, -0.05) is 0 Å². The number of nitrogens with zero attached hydrogens (tertiary/aromatic N) is 1. The van der Waals surface area contributed by atoms with Gasteiger partial charge in [0.15, 0.2) is 5.96 Å². The number of nitrogens with two attached hydrogens (primary N) is 4. The predicted octanol–water partition coefficient (Wildman–Crippen LogP) is -4.97. The Morgan fingerprint density at radius 2 is 1.44 bits per heavy atom. The number of aliphatic imine (C=N–C) groups is 1. The Morgan fingerprint density at radius 3 is 1.92 bits per heavy atom. The molecule has 0 saturated carbocycles. The molecule has 0 spiro atoms. The second-order valence-corrected chi connectivity index (χ2v) is 7.85. The summed E-state index contributed by atoms with van der Waals surface area (Å²) in [6.45, 7) is 1.24. The number of hydrogen-bond donors (Lipinski definition) is 10. The first kappa shape index (κ1) is 32.0. The van der Waals surface area contributed by atoms with Crippen molar-refractivity contribution in [2.75, 3.05) is 6.54 Å². The molecule has 0 heterocycles. The summed E-state index contributed by atoms with van der Waals surface area (Å²) in [6.07, 6.45) is -2.95. The van der Waals surface area contributed by atoms with E-state index in [2.05, 4.69) is 20.9 Å². The maximum atomic E-state index is 12.7. The Bertz CT molecular complexity index is 845. The smallest absolute Gasteiger partial charge is 0.326 e. The van der Waals surface area contributed by atoms with Crippen molar-refractivity contribution in [3.63, 3.8) is 0 Å². The molecule has 0 aromatic heterocycles. The van der Waals surface area contributed by atoms with Crippen LogP contribution in [0.1, 0.15) is 39.0 Å². The van der Waals surface area contributed by atoms with Gasteiger partial charge in [0.2, 0.25) is 23.6 Å². The Balaban J connectivity index is 5.49. The van der Waals surface area contributed by atoms with E-state index in [0.29, 0.717) is 0 Å². The van der Waals surface area contributed by atoms with E-state index >= 15 is 0 Å². The third kappa shape index (κ3) is 13.0. The van der Waals surface area contributed by atoms with Crippen LogP contribution in [0.5, 0.6) is 0 Å². The third-order valence-corrected chi connectivity index (χ3v) is 4.66. The first-order chi connectivity index (χ1) is 16.6. The summed E-state index contributed by atoms with van der Waals surface area (Å²) in [5, 5.41) is 34.8. The van der Waals surface area contributed by atoms with Crippen molar-refractivity contribution in [2.24, 2.45) is 27.9 Å². The van der Waals surface area contributed by atoms with Gasteiger partial charge in [0.25, 0.3) is 0 Å². The number of aliphatic hydroxyl groups excluding tert-OH is 1. The number of amides is 4. The number of carbonyl (C=O) groups excluding carboxylic acids is 4. The number of primary amides is 1. The van der Waals surface area contributed by atoms with Crippen LogP contribution < -0.4 is 38.9 Å². The Morgan fingerprint density at radius 1 is 0.861 bits per heavy atom. The number of aliphatic hydroxyl groups is 1. The highest BCUT2D eigenvalue weighted by atomic mass is 16.4. The Kier molecular flexibility index (Phi) is 14.1. The Labute approximate surface area is 206 Å². The van der Waals surface area contributed by atoms with Gasteiger partial charge in [0.05, 0.1) is 18.6 Å². The van der Waals surface area contributed by atoms with Gasteiger partial charge >= 0.3 is 11.9 Å². The van der Waals surface area contributed by atoms with Crippen LogP contribution in [0.3, 0.4) is 0 Å². The lowest BCUT2D eigenvalue weighted by atomic mass is 10.1. The second-order valence-electron chi connectivity index (χ2n) is 7.85. The van der Waals surface area contributed by atoms with Crippen LogP contribution in [0.2, 0.25) is 0 Å². The van der Waals surface area contributed by atoms with Crippen LogP contribution in [-0.2, 0) is 28.8 Å². The van der Waals surface area contributed by atoms with Crippen molar-refractivity contribution in [3.8, 4) is 0 Å². The molecule has 0 bridgehead atoms. The molecule has 4 amide bonds. The molecule has 0 fully saturated rings. The van der Waals surface area contributed by atoms with Gasteiger partial charge in [-0.15, -0.1) is 0 Å². The number of hydrogen-bond acceptors (Lipinski definition) is 9. The van der Waals surface area contributed by atoms with Gasteiger partial charge in [0, 0.05) is 13.0 Å². The number of carbonyl (C=O) groups is 6.